The zero-order valence-corrected chi connectivity index (χ0v) is 19.9. The molecule has 0 radical (unpaired) electrons. The number of amides is 1. The third-order valence-corrected chi connectivity index (χ3v) is 7.18. The molecule has 1 amide bonds. The Bertz CT molecular complexity index is 1170. The number of carbonyl (C=O) groups excluding carboxylic acids is 1. The van der Waals surface area contributed by atoms with Crippen LogP contribution in [0.1, 0.15) is 17.2 Å². The van der Waals surface area contributed by atoms with Gasteiger partial charge in [0.2, 0.25) is 15.9 Å². The number of benzene rings is 3. The summed E-state index contributed by atoms with van der Waals surface area (Å²) in [6, 6.07) is 25.9. The fraction of sp³-hybridized carbons (Fsp3) is 0.269. The number of anilines is 1. The fourth-order valence-electron chi connectivity index (χ4n) is 4.37. The van der Waals surface area contributed by atoms with Gasteiger partial charge in [-0.05, 0) is 29.3 Å². The standard InChI is InChI=1S/C26H28FN3O3S/c1-34(32,33)30(24-14-8-13-23(27)19-24)20-25(31)28-15-17-29(18-16-28)26(21-9-4-2-5-10-21)22-11-6-3-7-12-22/h2-14,19,26H,15-18,20H2,1H3. The molecule has 0 aliphatic carbocycles. The quantitative estimate of drug-likeness (QED) is 0.518. The number of piperazine rings is 1. The van der Waals surface area contributed by atoms with Crippen molar-refractivity contribution in [2.75, 3.05) is 43.3 Å². The van der Waals surface area contributed by atoms with E-state index >= 15 is 0 Å². The Morgan fingerprint density at radius 2 is 1.44 bits per heavy atom. The lowest BCUT2D eigenvalue weighted by molar-refractivity contribution is -0.131. The molecule has 0 spiro atoms. The average Bonchev–Trinajstić information content (AvgIpc) is 2.84. The van der Waals surface area contributed by atoms with Crippen LogP contribution in [0.25, 0.3) is 0 Å². The molecule has 1 aliphatic rings. The molecule has 0 N–H and O–H groups in total. The van der Waals surface area contributed by atoms with E-state index in [4.69, 9.17) is 0 Å². The molecular weight excluding hydrogens is 453 g/mol. The molecule has 3 aromatic carbocycles. The van der Waals surface area contributed by atoms with Crippen LogP contribution >= 0.6 is 0 Å². The SMILES string of the molecule is CS(=O)(=O)N(CC(=O)N1CCN(C(c2ccccc2)c2ccccc2)CC1)c1cccc(F)c1. The molecule has 4 rings (SSSR count). The van der Waals surface area contributed by atoms with Crippen LogP contribution in [0.2, 0.25) is 0 Å². The third-order valence-electron chi connectivity index (χ3n) is 6.04. The molecule has 6 nitrogen and oxygen atoms in total. The number of rotatable bonds is 7. The highest BCUT2D eigenvalue weighted by Gasteiger charge is 2.30. The summed E-state index contributed by atoms with van der Waals surface area (Å²) in [5.74, 6) is -0.856. The first-order valence-electron chi connectivity index (χ1n) is 11.2. The van der Waals surface area contributed by atoms with Gasteiger partial charge in [-0.2, -0.15) is 0 Å². The fourth-order valence-corrected chi connectivity index (χ4v) is 5.21. The summed E-state index contributed by atoms with van der Waals surface area (Å²) >= 11 is 0. The van der Waals surface area contributed by atoms with Crippen molar-refractivity contribution >= 4 is 21.6 Å². The van der Waals surface area contributed by atoms with Crippen molar-refractivity contribution in [1.82, 2.24) is 9.80 Å². The van der Waals surface area contributed by atoms with Crippen LogP contribution in [0.4, 0.5) is 10.1 Å². The maximum Gasteiger partial charge on any atom is 0.243 e. The van der Waals surface area contributed by atoms with Gasteiger partial charge < -0.3 is 4.90 Å². The molecule has 0 aromatic heterocycles. The summed E-state index contributed by atoms with van der Waals surface area (Å²) in [5.41, 5.74) is 2.51. The minimum Gasteiger partial charge on any atom is -0.339 e. The van der Waals surface area contributed by atoms with Crippen LogP contribution in [0.3, 0.4) is 0 Å². The lowest BCUT2D eigenvalue weighted by Crippen LogP contribution is -2.52. The predicted octanol–water partition coefficient (Wildman–Crippen LogP) is 3.53. The highest BCUT2D eigenvalue weighted by molar-refractivity contribution is 7.92. The molecule has 8 heteroatoms. The second-order valence-corrected chi connectivity index (χ2v) is 10.3. The van der Waals surface area contributed by atoms with E-state index in [9.17, 15) is 17.6 Å². The molecule has 34 heavy (non-hydrogen) atoms. The minimum absolute atomic E-state index is 0.0689. The molecule has 0 unspecified atom stereocenters. The summed E-state index contributed by atoms with van der Waals surface area (Å²) in [6.07, 6.45) is 1.02. The first-order chi connectivity index (χ1) is 16.3. The van der Waals surface area contributed by atoms with Crippen molar-refractivity contribution in [2.45, 2.75) is 6.04 Å². The van der Waals surface area contributed by atoms with Gasteiger partial charge in [-0.25, -0.2) is 12.8 Å². The van der Waals surface area contributed by atoms with Crippen LogP contribution in [-0.2, 0) is 14.8 Å². The predicted molar refractivity (Wildman–Crippen MR) is 131 cm³/mol. The Morgan fingerprint density at radius 1 is 0.882 bits per heavy atom. The molecule has 0 saturated carbocycles. The van der Waals surface area contributed by atoms with Crippen molar-refractivity contribution < 1.29 is 17.6 Å². The molecule has 0 atom stereocenters. The van der Waals surface area contributed by atoms with Crippen molar-refractivity contribution in [1.29, 1.82) is 0 Å². The number of halogens is 1. The van der Waals surface area contributed by atoms with Gasteiger partial charge in [0.25, 0.3) is 0 Å². The monoisotopic (exact) mass is 481 g/mol. The van der Waals surface area contributed by atoms with E-state index in [1.165, 1.54) is 29.3 Å². The van der Waals surface area contributed by atoms with Gasteiger partial charge in [0, 0.05) is 26.2 Å². The summed E-state index contributed by atoms with van der Waals surface area (Å²) in [7, 11) is -3.76. The highest BCUT2D eigenvalue weighted by Crippen LogP contribution is 2.29. The van der Waals surface area contributed by atoms with Gasteiger partial charge in [-0.3, -0.25) is 14.0 Å². The Hall–Kier alpha value is -3.23. The molecule has 0 bridgehead atoms. The zero-order valence-electron chi connectivity index (χ0n) is 19.0. The molecule has 3 aromatic rings. The van der Waals surface area contributed by atoms with E-state index < -0.39 is 15.8 Å². The lowest BCUT2D eigenvalue weighted by Gasteiger charge is -2.40. The second-order valence-electron chi connectivity index (χ2n) is 8.39. The smallest absolute Gasteiger partial charge is 0.243 e. The number of carbonyl (C=O) groups is 1. The lowest BCUT2D eigenvalue weighted by atomic mass is 9.96. The molecule has 1 saturated heterocycles. The largest absolute Gasteiger partial charge is 0.339 e. The second kappa shape index (κ2) is 10.4. The van der Waals surface area contributed by atoms with E-state index in [-0.39, 0.29) is 24.2 Å². The first-order valence-corrected chi connectivity index (χ1v) is 13.0. The maximum atomic E-state index is 13.7. The van der Waals surface area contributed by atoms with Gasteiger partial charge >= 0.3 is 0 Å². The normalized spacial score (nSPS) is 14.9. The van der Waals surface area contributed by atoms with E-state index in [0.29, 0.717) is 26.2 Å². The Morgan fingerprint density at radius 3 is 1.94 bits per heavy atom. The molecular formula is C26H28FN3O3S. The van der Waals surface area contributed by atoms with Gasteiger partial charge in [-0.15, -0.1) is 0 Å². The van der Waals surface area contributed by atoms with Gasteiger partial charge in [0.05, 0.1) is 18.0 Å². The molecule has 178 valence electrons. The van der Waals surface area contributed by atoms with Crippen LogP contribution in [0.5, 0.6) is 0 Å². The first kappa shape index (κ1) is 23.9. The van der Waals surface area contributed by atoms with Crippen LogP contribution in [-0.4, -0.2) is 63.1 Å². The van der Waals surface area contributed by atoms with Crippen LogP contribution in [0, 0.1) is 5.82 Å². The van der Waals surface area contributed by atoms with Crippen LogP contribution in [0.15, 0.2) is 84.9 Å². The summed E-state index contributed by atoms with van der Waals surface area (Å²) in [6.45, 7) is 1.91. The van der Waals surface area contributed by atoms with E-state index in [2.05, 4.69) is 29.2 Å². The summed E-state index contributed by atoms with van der Waals surface area (Å²) in [5, 5.41) is 0. The zero-order chi connectivity index (χ0) is 24.1. The number of sulfonamides is 1. The highest BCUT2D eigenvalue weighted by atomic mass is 32.2. The van der Waals surface area contributed by atoms with E-state index in [1.807, 2.05) is 36.4 Å². The summed E-state index contributed by atoms with van der Waals surface area (Å²) < 4.78 is 39.3. The number of hydrogen-bond donors (Lipinski definition) is 0. The molecule has 1 fully saturated rings. The molecule has 1 heterocycles. The van der Waals surface area contributed by atoms with Gasteiger partial charge in [-0.1, -0.05) is 66.7 Å². The van der Waals surface area contributed by atoms with Gasteiger partial charge in [0.1, 0.15) is 12.4 Å². The topological polar surface area (TPSA) is 60.9 Å². The summed E-state index contributed by atoms with van der Waals surface area (Å²) in [4.78, 5) is 17.1. The minimum atomic E-state index is -3.76. The number of nitrogens with zero attached hydrogens (tertiary/aromatic N) is 3. The maximum absolute atomic E-state index is 13.7. The van der Waals surface area contributed by atoms with Crippen molar-refractivity contribution in [3.8, 4) is 0 Å². The van der Waals surface area contributed by atoms with Gasteiger partial charge in [0.15, 0.2) is 0 Å². The average molecular weight is 482 g/mol. The Kier molecular flexibility index (Phi) is 7.29. The van der Waals surface area contributed by atoms with E-state index in [0.717, 1.165) is 16.6 Å². The Labute approximate surface area is 200 Å². The van der Waals surface area contributed by atoms with Crippen LogP contribution < -0.4 is 4.31 Å². The molecule has 1 aliphatic heterocycles. The number of hydrogen-bond acceptors (Lipinski definition) is 4. The third kappa shape index (κ3) is 5.63. The van der Waals surface area contributed by atoms with Crippen molar-refractivity contribution in [3.63, 3.8) is 0 Å². The Balaban J connectivity index is 1.47. The van der Waals surface area contributed by atoms with Crippen molar-refractivity contribution in [2.24, 2.45) is 0 Å². The van der Waals surface area contributed by atoms with E-state index in [1.54, 1.807) is 4.90 Å². The van der Waals surface area contributed by atoms with Crippen molar-refractivity contribution in [3.05, 3.63) is 102 Å².